The predicted molar refractivity (Wildman–Crippen MR) is 250 cm³/mol. The van der Waals surface area contributed by atoms with Gasteiger partial charge >= 0.3 is 5.91 Å². The number of nitrogens with two attached hydrogens (primary N) is 1. The number of phenolic OH excluding ortho intramolecular Hbond substituents is 1. The van der Waals surface area contributed by atoms with Crippen molar-refractivity contribution in [2.45, 2.75) is 135 Å². The largest absolute Gasteiger partial charge is 0.508 e. The van der Waals surface area contributed by atoms with Crippen LogP contribution in [0, 0.1) is 17.8 Å². The zero-order chi connectivity index (χ0) is 51.9. The number of carbonyl (C=O) groups is 11. The Kier molecular flexibility index (Phi) is 17.7. The van der Waals surface area contributed by atoms with E-state index in [9.17, 15) is 53.1 Å². The minimum atomic E-state index is -1.49. The van der Waals surface area contributed by atoms with Gasteiger partial charge in [-0.3, -0.25) is 52.8 Å². The molecule has 0 aliphatic carbocycles. The van der Waals surface area contributed by atoms with Gasteiger partial charge in [-0.1, -0.05) is 60.1 Å². The van der Waals surface area contributed by atoms with E-state index < -0.39 is 162 Å². The average Bonchev–Trinajstić information content (AvgIpc) is 3.73. The summed E-state index contributed by atoms with van der Waals surface area (Å²) in [5.41, 5.74) is 5.75. The Balaban J connectivity index is 1.52. The summed E-state index contributed by atoms with van der Waals surface area (Å²) in [5.74, 6) is -8.93. The summed E-state index contributed by atoms with van der Waals surface area (Å²) in [4.78, 5) is 156. The van der Waals surface area contributed by atoms with Crippen LogP contribution in [0.15, 0.2) is 24.3 Å². The lowest BCUT2D eigenvalue weighted by Crippen LogP contribution is -2.63. The number of aromatic hydroxyl groups is 1. The van der Waals surface area contributed by atoms with E-state index in [1.54, 1.807) is 32.9 Å². The van der Waals surface area contributed by atoms with Gasteiger partial charge in [-0.05, 0) is 41.9 Å². The van der Waals surface area contributed by atoms with Crippen LogP contribution in [-0.2, 0) is 59.2 Å². The first kappa shape index (κ1) is 54.3. The Morgan fingerprint density at radius 3 is 2.21 bits per heavy atom. The fraction of sp³-hybridized carbons (Fsp3) is 0.638. The molecule has 1 aromatic carbocycles. The quantitative estimate of drug-likeness (QED) is 0.0708. The Bertz CT molecular complexity index is 2220. The molecule has 0 aromatic heterocycles. The standard InChI is InChI=1S/C47H69N11O12/c1-9-26(6)40-43(67)54-39(25(4)5)42(66)53-31-20-38(64)57-17-16-32-44(57)58(32,47(31)70)33(46(69)55(7)23-37(63)51-29(18-24(2)3)41(65)50-21-34(48)60)14-15-35(61)49-22-36(62)52-30(45(68)56(40)8)19-27-10-12-28(59)13-11-27/h10-13,24-26,29-33,39-40,44H,9,14-23H2,1-8H3,(H8-,48,49,50,51,52,53,54,59,60,61,62,63,65,66,67)/p+1. The number of likely N-dealkylation sites (N-methyl/N-ethyl adjacent to an activating group) is 2. The van der Waals surface area contributed by atoms with Crippen molar-refractivity contribution in [3.05, 3.63) is 29.8 Å². The third kappa shape index (κ3) is 12.2. The molecular weight excluding hydrogens is 911 g/mol. The number of amides is 11. The van der Waals surface area contributed by atoms with Crippen molar-refractivity contribution in [1.29, 1.82) is 0 Å². The van der Waals surface area contributed by atoms with Crippen LogP contribution >= 0.6 is 0 Å². The van der Waals surface area contributed by atoms with Crippen molar-refractivity contribution >= 4 is 65.0 Å². The highest BCUT2D eigenvalue weighted by Gasteiger charge is 2.82. The Labute approximate surface area is 407 Å². The lowest BCUT2D eigenvalue weighted by molar-refractivity contribution is -0.778. The SMILES string of the molecule is CCC(C)C1C(=O)NC(C(C)C)C(=O)NC2CC(=O)N3CCC4C3[N+]4(C2=O)C(C(=O)N(C)CC(=O)NC(CC(C)C)C(=O)NCC(N)=O)CCC(=O)NCC(=O)NC(Cc2ccc(O)cc2)C(=O)N1C. The molecular formula is C47H70N11O12+. The molecule has 4 heterocycles. The van der Waals surface area contributed by atoms with Crippen LogP contribution in [0.5, 0.6) is 5.75 Å². The summed E-state index contributed by atoms with van der Waals surface area (Å²) in [6, 6.07) is -2.37. The van der Waals surface area contributed by atoms with Gasteiger partial charge in [0.1, 0.15) is 29.9 Å². The van der Waals surface area contributed by atoms with Gasteiger partial charge in [0.2, 0.25) is 59.3 Å². The number of quaternary nitrogens is 1. The van der Waals surface area contributed by atoms with E-state index in [2.05, 4.69) is 31.9 Å². The number of fused-ring (bicyclic) bond motifs is 1. The molecule has 10 atom stereocenters. The molecule has 1 aromatic rings. The molecule has 23 heteroatoms. The van der Waals surface area contributed by atoms with E-state index in [1.807, 2.05) is 20.8 Å². The fourth-order valence-corrected chi connectivity index (χ4v) is 10.1. The highest BCUT2D eigenvalue weighted by Crippen LogP contribution is 2.55. The maximum absolute atomic E-state index is 15.2. The van der Waals surface area contributed by atoms with E-state index in [1.165, 1.54) is 36.0 Å². The second kappa shape index (κ2) is 22.8. The topological polar surface area (TPSA) is 316 Å². The lowest BCUT2D eigenvalue weighted by atomic mass is 9.94. The van der Waals surface area contributed by atoms with E-state index in [-0.39, 0.29) is 37.5 Å². The van der Waals surface area contributed by atoms with Gasteiger partial charge in [-0.25, -0.2) is 9.28 Å². The molecule has 384 valence electrons. The summed E-state index contributed by atoms with van der Waals surface area (Å²) in [7, 11) is 2.72. The molecule has 11 amide bonds. The Morgan fingerprint density at radius 1 is 0.929 bits per heavy atom. The summed E-state index contributed by atoms with van der Waals surface area (Å²) in [6.07, 6.45) is -1.21. The van der Waals surface area contributed by atoms with Crippen LogP contribution in [0.1, 0.15) is 85.6 Å². The monoisotopic (exact) mass is 981 g/mol. The molecule has 70 heavy (non-hydrogen) atoms. The van der Waals surface area contributed by atoms with Crippen LogP contribution in [0.3, 0.4) is 0 Å². The van der Waals surface area contributed by atoms with Gasteiger partial charge in [0.05, 0.1) is 26.1 Å². The van der Waals surface area contributed by atoms with Gasteiger partial charge in [0.25, 0.3) is 5.91 Å². The van der Waals surface area contributed by atoms with Gasteiger partial charge in [-0.15, -0.1) is 0 Å². The van der Waals surface area contributed by atoms with Crippen molar-refractivity contribution in [2.24, 2.45) is 23.5 Å². The molecule has 23 nitrogen and oxygen atoms in total. The first-order valence-corrected chi connectivity index (χ1v) is 24.0. The van der Waals surface area contributed by atoms with Crippen molar-refractivity contribution in [1.82, 2.24) is 46.6 Å². The van der Waals surface area contributed by atoms with E-state index in [0.717, 1.165) is 4.90 Å². The average molecular weight is 981 g/mol. The first-order valence-electron chi connectivity index (χ1n) is 24.0. The van der Waals surface area contributed by atoms with E-state index in [0.29, 0.717) is 18.4 Å². The van der Waals surface area contributed by atoms with Crippen LogP contribution in [-0.4, -0.2) is 178 Å². The van der Waals surface area contributed by atoms with Gasteiger partial charge in [0, 0.05) is 46.3 Å². The normalized spacial score (nSPS) is 27.5. The summed E-state index contributed by atoms with van der Waals surface area (Å²) >= 11 is 0. The maximum atomic E-state index is 15.2. The smallest absolute Gasteiger partial charge is 0.339 e. The minimum absolute atomic E-state index is 0.0276. The molecule has 2 bridgehead atoms. The third-order valence-electron chi connectivity index (χ3n) is 13.8. The van der Waals surface area contributed by atoms with Crippen molar-refractivity contribution in [3.63, 3.8) is 0 Å². The van der Waals surface area contributed by atoms with Crippen molar-refractivity contribution in [2.75, 3.05) is 40.3 Å². The second-order valence-corrected chi connectivity index (χ2v) is 19.8. The first-order chi connectivity index (χ1) is 32.9. The number of phenols is 1. The van der Waals surface area contributed by atoms with Crippen LogP contribution in [0.2, 0.25) is 0 Å². The molecule has 4 aliphatic heterocycles. The molecule has 0 radical (unpaired) electrons. The number of primary amides is 1. The second-order valence-electron chi connectivity index (χ2n) is 19.8. The third-order valence-corrected chi connectivity index (χ3v) is 13.8. The molecule has 0 saturated carbocycles. The van der Waals surface area contributed by atoms with Gasteiger partial charge < -0.3 is 52.5 Å². The minimum Gasteiger partial charge on any atom is -0.508 e. The summed E-state index contributed by atoms with van der Waals surface area (Å²) in [6.45, 7) is 9.11. The number of nitrogens with one attached hydrogen (secondary N) is 6. The molecule has 4 aliphatic rings. The summed E-state index contributed by atoms with van der Waals surface area (Å²) < 4.78 is -0.638. The number of nitrogens with zero attached hydrogens (tertiary/aromatic N) is 4. The fourth-order valence-electron chi connectivity index (χ4n) is 10.1. The van der Waals surface area contributed by atoms with Crippen molar-refractivity contribution in [3.8, 4) is 5.75 Å². The lowest BCUT2D eigenvalue weighted by Gasteiger charge is -2.36. The zero-order valence-corrected chi connectivity index (χ0v) is 41.2. The van der Waals surface area contributed by atoms with Crippen molar-refractivity contribution < 1.29 is 62.3 Å². The number of benzene rings is 1. The molecule has 4 saturated heterocycles. The highest BCUT2D eigenvalue weighted by molar-refractivity contribution is 5.99. The van der Waals surface area contributed by atoms with Crippen LogP contribution in [0.25, 0.3) is 0 Å². The molecule has 9 N–H and O–H groups in total. The van der Waals surface area contributed by atoms with Gasteiger partial charge in [-0.2, -0.15) is 0 Å². The summed E-state index contributed by atoms with van der Waals surface area (Å²) in [5, 5.41) is 25.6. The molecule has 4 fully saturated rings. The van der Waals surface area contributed by atoms with Crippen LogP contribution in [0.4, 0.5) is 0 Å². The molecule has 5 rings (SSSR count). The maximum Gasteiger partial charge on any atom is 0.339 e. The number of carbonyl (C=O) groups excluding carboxylic acids is 11. The van der Waals surface area contributed by atoms with E-state index >= 15 is 4.79 Å². The molecule has 10 unspecified atom stereocenters. The van der Waals surface area contributed by atoms with Gasteiger partial charge in [0.15, 0.2) is 18.1 Å². The highest BCUT2D eigenvalue weighted by atomic mass is 16.3. The number of hydrogen-bond acceptors (Lipinski definition) is 12. The zero-order valence-electron chi connectivity index (χ0n) is 41.2. The predicted octanol–water partition coefficient (Wildman–Crippen LogP) is -2.52. The Morgan fingerprint density at radius 2 is 1.60 bits per heavy atom. The number of hydrogen-bond donors (Lipinski definition) is 8. The number of rotatable bonds is 14. The van der Waals surface area contributed by atoms with Crippen LogP contribution < -0.4 is 37.6 Å². The molecule has 1 spiro atoms. The van der Waals surface area contributed by atoms with E-state index in [4.69, 9.17) is 5.73 Å². The Hall–Kier alpha value is -6.65.